The van der Waals surface area contributed by atoms with Gasteiger partial charge >= 0.3 is 0 Å². The van der Waals surface area contributed by atoms with Crippen molar-refractivity contribution in [2.45, 2.75) is 39.0 Å². The minimum atomic E-state index is 0.810. The lowest BCUT2D eigenvalue weighted by molar-refractivity contribution is 0.440. The van der Waals surface area contributed by atoms with Crippen LogP contribution >= 0.6 is 12.6 Å². The van der Waals surface area contributed by atoms with E-state index in [4.69, 9.17) is 0 Å². The third-order valence-corrected chi connectivity index (χ3v) is 4.37. The Bertz CT molecular complexity index is 501. The Morgan fingerprint density at radius 1 is 0.857 bits per heavy atom. The fourth-order valence-corrected chi connectivity index (χ4v) is 3.12. The van der Waals surface area contributed by atoms with Gasteiger partial charge in [-0.2, -0.15) is 12.6 Å². The summed E-state index contributed by atoms with van der Waals surface area (Å²) in [7, 11) is 0. The highest BCUT2D eigenvalue weighted by Crippen LogP contribution is 2.23. The summed E-state index contributed by atoms with van der Waals surface area (Å²) in [5.41, 5.74) is 4.07. The molecule has 0 radical (unpaired) electrons. The van der Waals surface area contributed by atoms with Crippen LogP contribution in [0.4, 0.5) is 0 Å². The second kappa shape index (κ2) is 8.94. The van der Waals surface area contributed by atoms with Gasteiger partial charge in [0.2, 0.25) is 0 Å². The Hall–Kier alpha value is -1.21. The molecule has 2 aromatic carbocycles. The van der Waals surface area contributed by atoms with Crippen molar-refractivity contribution in [1.29, 1.82) is 0 Å². The number of benzene rings is 2. The van der Waals surface area contributed by atoms with Gasteiger partial charge in [-0.15, -0.1) is 0 Å². The molecule has 2 rings (SSSR count). The molecule has 1 heteroatoms. The average Bonchev–Trinajstić information content (AvgIpc) is 2.54. The van der Waals surface area contributed by atoms with Crippen LogP contribution in [0.5, 0.6) is 0 Å². The zero-order valence-corrected chi connectivity index (χ0v) is 13.9. The molecule has 0 N–H and O–H groups in total. The second-order valence-electron chi connectivity index (χ2n) is 5.79. The first-order valence-corrected chi connectivity index (χ1v) is 8.72. The van der Waals surface area contributed by atoms with Crippen molar-refractivity contribution in [3.63, 3.8) is 0 Å². The summed E-state index contributed by atoms with van der Waals surface area (Å²) < 4.78 is 0. The van der Waals surface area contributed by atoms with Crippen molar-refractivity contribution in [2.24, 2.45) is 5.92 Å². The predicted octanol–water partition coefficient (Wildman–Crippen LogP) is 6.02. The third-order valence-electron chi connectivity index (χ3n) is 4.05. The van der Waals surface area contributed by atoms with Gasteiger partial charge in [0.05, 0.1) is 0 Å². The highest BCUT2D eigenvalue weighted by molar-refractivity contribution is 7.80. The SMILES string of the molecule is CCCC(CCCS)Cc1ccc(-c2ccccc2)cc1. The monoisotopic (exact) mass is 298 g/mol. The van der Waals surface area contributed by atoms with Crippen molar-refractivity contribution < 1.29 is 0 Å². The van der Waals surface area contributed by atoms with Crippen LogP contribution in [0.15, 0.2) is 54.6 Å². The normalized spacial score (nSPS) is 12.3. The summed E-state index contributed by atoms with van der Waals surface area (Å²) in [6, 6.07) is 19.7. The van der Waals surface area contributed by atoms with E-state index < -0.39 is 0 Å². The van der Waals surface area contributed by atoms with Crippen LogP contribution < -0.4 is 0 Å². The summed E-state index contributed by atoms with van der Waals surface area (Å²) in [5, 5.41) is 0. The molecule has 0 nitrogen and oxygen atoms in total. The van der Waals surface area contributed by atoms with Crippen LogP contribution in [0.2, 0.25) is 0 Å². The van der Waals surface area contributed by atoms with Crippen molar-refractivity contribution in [3.05, 3.63) is 60.2 Å². The molecular formula is C20H26S. The first kappa shape index (κ1) is 16.2. The van der Waals surface area contributed by atoms with Crippen molar-refractivity contribution in [1.82, 2.24) is 0 Å². The molecule has 0 aliphatic rings. The van der Waals surface area contributed by atoms with Crippen molar-refractivity contribution in [2.75, 3.05) is 5.75 Å². The minimum absolute atomic E-state index is 0.810. The highest BCUT2D eigenvalue weighted by Gasteiger charge is 2.08. The molecule has 1 unspecified atom stereocenters. The number of thiol groups is 1. The van der Waals surface area contributed by atoms with E-state index >= 15 is 0 Å². The molecule has 0 aliphatic heterocycles. The molecule has 0 heterocycles. The third kappa shape index (κ3) is 5.24. The molecule has 0 saturated heterocycles. The van der Waals surface area contributed by atoms with Crippen molar-refractivity contribution >= 4 is 12.6 Å². The summed E-state index contributed by atoms with van der Waals surface area (Å²) in [5.74, 6) is 1.82. The average molecular weight is 298 g/mol. The Balaban J connectivity index is 2.01. The van der Waals surface area contributed by atoms with E-state index in [-0.39, 0.29) is 0 Å². The Morgan fingerprint density at radius 3 is 2.14 bits per heavy atom. The van der Waals surface area contributed by atoms with Gasteiger partial charge in [0.25, 0.3) is 0 Å². The lowest BCUT2D eigenvalue weighted by atomic mass is 9.90. The fourth-order valence-electron chi connectivity index (χ4n) is 2.93. The lowest BCUT2D eigenvalue weighted by Crippen LogP contribution is -2.05. The van der Waals surface area contributed by atoms with Gasteiger partial charge in [0.15, 0.2) is 0 Å². The van der Waals surface area contributed by atoms with Crippen LogP contribution in [0.3, 0.4) is 0 Å². The predicted molar refractivity (Wildman–Crippen MR) is 97.1 cm³/mol. The number of rotatable bonds is 8. The van der Waals surface area contributed by atoms with Crippen LogP contribution in [0.1, 0.15) is 38.2 Å². The van der Waals surface area contributed by atoms with Gasteiger partial charge in [-0.3, -0.25) is 0 Å². The maximum absolute atomic E-state index is 4.34. The maximum atomic E-state index is 4.34. The van der Waals surface area contributed by atoms with Gasteiger partial charge in [0.1, 0.15) is 0 Å². The first-order valence-electron chi connectivity index (χ1n) is 8.08. The summed E-state index contributed by atoms with van der Waals surface area (Å²) >= 11 is 4.34. The van der Waals surface area contributed by atoms with Crippen LogP contribution in [-0.2, 0) is 6.42 Å². The molecular weight excluding hydrogens is 272 g/mol. The maximum Gasteiger partial charge on any atom is -0.00978 e. The van der Waals surface area contributed by atoms with Crippen LogP contribution in [0, 0.1) is 5.92 Å². The van der Waals surface area contributed by atoms with Gasteiger partial charge in [-0.05, 0) is 47.6 Å². The lowest BCUT2D eigenvalue weighted by Gasteiger charge is -2.16. The standard InChI is InChI=1S/C20H26S/c1-2-7-17(8-6-15-21)16-18-11-13-20(14-12-18)19-9-4-3-5-10-19/h3-5,9-14,17,21H,2,6-8,15-16H2,1H3. The summed E-state index contributed by atoms with van der Waals surface area (Å²) in [6.07, 6.45) is 6.35. The smallest absolute Gasteiger partial charge is 0.00978 e. The van der Waals surface area contributed by atoms with Gasteiger partial charge in [-0.1, -0.05) is 74.4 Å². The molecule has 0 saturated carbocycles. The fraction of sp³-hybridized carbons (Fsp3) is 0.400. The number of hydrogen-bond donors (Lipinski definition) is 1. The quantitative estimate of drug-likeness (QED) is 0.566. The highest BCUT2D eigenvalue weighted by atomic mass is 32.1. The summed E-state index contributed by atoms with van der Waals surface area (Å²) in [6.45, 7) is 2.28. The second-order valence-corrected chi connectivity index (χ2v) is 6.23. The van der Waals surface area contributed by atoms with E-state index in [1.165, 1.54) is 48.8 Å². The number of hydrogen-bond acceptors (Lipinski definition) is 1. The Kier molecular flexibility index (Phi) is 6.88. The van der Waals surface area contributed by atoms with Gasteiger partial charge in [-0.25, -0.2) is 0 Å². The van der Waals surface area contributed by atoms with Crippen LogP contribution in [-0.4, -0.2) is 5.75 Å². The molecule has 0 amide bonds. The molecule has 21 heavy (non-hydrogen) atoms. The molecule has 0 spiro atoms. The van der Waals surface area contributed by atoms with Gasteiger partial charge in [0, 0.05) is 0 Å². The zero-order chi connectivity index (χ0) is 14.9. The van der Waals surface area contributed by atoms with E-state index in [9.17, 15) is 0 Å². The Morgan fingerprint density at radius 2 is 1.52 bits per heavy atom. The molecule has 112 valence electrons. The summed E-state index contributed by atoms with van der Waals surface area (Å²) in [4.78, 5) is 0. The van der Waals surface area contributed by atoms with E-state index in [1.807, 2.05) is 0 Å². The Labute approximate surface area is 135 Å². The first-order chi connectivity index (χ1) is 10.3. The molecule has 0 aromatic heterocycles. The zero-order valence-electron chi connectivity index (χ0n) is 13.0. The van der Waals surface area contributed by atoms with Crippen LogP contribution in [0.25, 0.3) is 11.1 Å². The minimum Gasteiger partial charge on any atom is -0.179 e. The topological polar surface area (TPSA) is 0 Å². The molecule has 0 bridgehead atoms. The van der Waals surface area contributed by atoms with E-state index in [2.05, 4.69) is 74.1 Å². The molecule has 2 aromatic rings. The molecule has 1 atom stereocenters. The van der Waals surface area contributed by atoms with E-state index in [0.717, 1.165) is 11.7 Å². The molecule has 0 aliphatic carbocycles. The van der Waals surface area contributed by atoms with E-state index in [1.54, 1.807) is 0 Å². The van der Waals surface area contributed by atoms with E-state index in [0.29, 0.717) is 0 Å². The molecule has 0 fully saturated rings. The largest absolute Gasteiger partial charge is 0.179 e. The van der Waals surface area contributed by atoms with Gasteiger partial charge < -0.3 is 0 Å². The van der Waals surface area contributed by atoms with Crippen molar-refractivity contribution in [3.8, 4) is 11.1 Å².